The molecule has 7 heteroatoms. The monoisotopic (exact) mass is 332 g/mol. The van der Waals surface area contributed by atoms with E-state index in [1.165, 1.54) is 23.1 Å². The molecule has 0 bridgehead atoms. The molecule has 2 heterocycles. The van der Waals surface area contributed by atoms with Crippen LogP contribution < -0.4 is 4.74 Å². The molecule has 0 fully saturated rings. The van der Waals surface area contributed by atoms with E-state index < -0.39 is 0 Å². The molecule has 0 saturated carbocycles. The van der Waals surface area contributed by atoms with Crippen LogP contribution in [0.4, 0.5) is 0 Å². The largest absolute Gasteiger partial charge is 0.497 e. The van der Waals surface area contributed by atoms with E-state index in [1.54, 1.807) is 7.11 Å². The van der Waals surface area contributed by atoms with Crippen LogP contribution in [0.2, 0.25) is 0 Å². The average Bonchev–Trinajstić information content (AvgIpc) is 3.24. The van der Waals surface area contributed by atoms with E-state index in [9.17, 15) is 4.79 Å². The first kappa shape index (κ1) is 14.8. The maximum atomic E-state index is 11.9. The van der Waals surface area contributed by atoms with Crippen molar-refractivity contribution >= 4 is 28.9 Å². The number of aromatic nitrogens is 2. The van der Waals surface area contributed by atoms with Crippen molar-refractivity contribution in [2.24, 2.45) is 0 Å². The van der Waals surface area contributed by atoms with Crippen molar-refractivity contribution in [2.75, 3.05) is 12.9 Å². The van der Waals surface area contributed by atoms with E-state index in [2.05, 4.69) is 10.2 Å². The number of methoxy groups -OCH3 is 1. The third-order valence-corrected chi connectivity index (χ3v) is 4.58. The lowest BCUT2D eigenvalue weighted by Crippen LogP contribution is -1.98. The first-order valence-corrected chi connectivity index (χ1v) is 8.30. The van der Waals surface area contributed by atoms with Crippen LogP contribution in [0, 0.1) is 0 Å². The fourth-order valence-corrected chi connectivity index (χ4v) is 3.18. The predicted molar refractivity (Wildman–Crippen MR) is 85.7 cm³/mol. The molecule has 0 unspecified atom stereocenters. The van der Waals surface area contributed by atoms with Gasteiger partial charge >= 0.3 is 0 Å². The highest BCUT2D eigenvalue weighted by molar-refractivity contribution is 7.99. The van der Waals surface area contributed by atoms with E-state index in [0.717, 1.165) is 16.2 Å². The fourth-order valence-electron chi connectivity index (χ4n) is 1.78. The molecule has 2 aromatic heterocycles. The average molecular weight is 332 g/mol. The Morgan fingerprint density at radius 2 is 2.23 bits per heavy atom. The summed E-state index contributed by atoms with van der Waals surface area (Å²) in [4.78, 5) is 12.7. The van der Waals surface area contributed by atoms with Crippen molar-refractivity contribution in [3.05, 3.63) is 46.7 Å². The topological polar surface area (TPSA) is 65.2 Å². The number of hydrogen-bond donors (Lipinski definition) is 0. The summed E-state index contributed by atoms with van der Waals surface area (Å²) in [5.41, 5.74) is 0.781. The van der Waals surface area contributed by atoms with Crippen LogP contribution in [0.3, 0.4) is 0 Å². The van der Waals surface area contributed by atoms with Crippen LogP contribution in [-0.4, -0.2) is 28.8 Å². The molecule has 22 heavy (non-hydrogen) atoms. The number of Topliss-reactive ketones (excluding diaryl/α,β-unsaturated/α-hetero) is 1. The quantitative estimate of drug-likeness (QED) is 0.505. The fraction of sp³-hybridized carbons (Fsp3) is 0.133. The van der Waals surface area contributed by atoms with E-state index in [4.69, 9.17) is 9.15 Å². The minimum atomic E-state index is 0.0566. The van der Waals surface area contributed by atoms with Crippen molar-refractivity contribution in [2.45, 2.75) is 5.22 Å². The Morgan fingerprint density at radius 3 is 3.00 bits per heavy atom. The Bertz CT molecular complexity index is 769. The van der Waals surface area contributed by atoms with Gasteiger partial charge in [-0.2, -0.15) is 0 Å². The van der Waals surface area contributed by atoms with Gasteiger partial charge in [-0.05, 0) is 29.6 Å². The molecule has 3 rings (SSSR count). The molecule has 1 aromatic carbocycles. The summed E-state index contributed by atoms with van der Waals surface area (Å²) in [6, 6.07) is 11.0. The number of ketones is 1. The Balaban J connectivity index is 1.67. The van der Waals surface area contributed by atoms with Gasteiger partial charge in [0.2, 0.25) is 5.89 Å². The van der Waals surface area contributed by atoms with Crippen LogP contribution in [0.1, 0.15) is 9.67 Å². The molecular formula is C15H12N2O3S2. The van der Waals surface area contributed by atoms with Gasteiger partial charge in [0.25, 0.3) is 5.22 Å². The number of ether oxygens (including phenoxy) is 1. The zero-order valence-corrected chi connectivity index (χ0v) is 13.3. The zero-order chi connectivity index (χ0) is 15.4. The van der Waals surface area contributed by atoms with Gasteiger partial charge in [-0.3, -0.25) is 4.79 Å². The SMILES string of the molecule is COc1cccc(-c2nnc(SCC(=O)c3cccs3)o2)c1. The number of benzene rings is 1. The number of thiophene rings is 1. The van der Waals surface area contributed by atoms with Crippen LogP contribution in [0.25, 0.3) is 11.5 Å². The maximum Gasteiger partial charge on any atom is 0.277 e. The number of rotatable bonds is 6. The second-order valence-electron chi connectivity index (χ2n) is 4.29. The summed E-state index contributed by atoms with van der Waals surface area (Å²) in [5.74, 6) is 1.46. The summed E-state index contributed by atoms with van der Waals surface area (Å²) in [6.45, 7) is 0. The molecule has 3 aromatic rings. The molecule has 112 valence electrons. The van der Waals surface area contributed by atoms with Crippen LogP contribution >= 0.6 is 23.1 Å². The lowest BCUT2D eigenvalue weighted by atomic mass is 10.2. The number of nitrogens with zero attached hydrogens (tertiary/aromatic N) is 2. The van der Waals surface area contributed by atoms with Gasteiger partial charge in [-0.25, -0.2) is 0 Å². The minimum Gasteiger partial charge on any atom is -0.497 e. The summed E-state index contributed by atoms with van der Waals surface area (Å²) >= 11 is 2.67. The number of carbonyl (C=O) groups excluding carboxylic acids is 1. The van der Waals surface area contributed by atoms with Crippen LogP contribution in [0.5, 0.6) is 5.75 Å². The molecule has 5 nitrogen and oxygen atoms in total. The molecular weight excluding hydrogens is 320 g/mol. The van der Waals surface area contributed by atoms with Crippen molar-refractivity contribution < 1.29 is 13.9 Å². The maximum absolute atomic E-state index is 11.9. The van der Waals surface area contributed by atoms with E-state index in [0.29, 0.717) is 11.1 Å². The first-order chi connectivity index (χ1) is 10.8. The molecule has 0 saturated heterocycles. The molecule has 0 radical (unpaired) electrons. The summed E-state index contributed by atoms with van der Waals surface area (Å²) in [6.07, 6.45) is 0. The predicted octanol–water partition coefficient (Wildman–Crippen LogP) is 3.78. The number of hydrogen-bond acceptors (Lipinski definition) is 7. The van der Waals surface area contributed by atoms with Crippen LogP contribution in [-0.2, 0) is 0 Å². The normalized spacial score (nSPS) is 10.6. The van der Waals surface area contributed by atoms with Gasteiger partial charge in [-0.1, -0.05) is 23.9 Å². The smallest absolute Gasteiger partial charge is 0.277 e. The third kappa shape index (κ3) is 3.37. The van der Waals surface area contributed by atoms with Crippen molar-refractivity contribution in [1.82, 2.24) is 10.2 Å². The molecule has 0 aliphatic rings. The highest BCUT2D eigenvalue weighted by Gasteiger charge is 2.13. The molecule has 0 spiro atoms. The van der Waals surface area contributed by atoms with Gasteiger partial charge in [-0.15, -0.1) is 21.5 Å². The van der Waals surface area contributed by atoms with E-state index in [1.807, 2.05) is 41.8 Å². The molecule has 0 aliphatic heterocycles. The van der Waals surface area contributed by atoms with E-state index >= 15 is 0 Å². The minimum absolute atomic E-state index is 0.0566. The highest BCUT2D eigenvalue weighted by Crippen LogP contribution is 2.26. The molecule has 0 N–H and O–H groups in total. The number of carbonyl (C=O) groups is 1. The zero-order valence-electron chi connectivity index (χ0n) is 11.7. The Labute approximate surface area is 135 Å². The Kier molecular flexibility index (Phi) is 4.55. The van der Waals surface area contributed by atoms with Crippen molar-refractivity contribution in [3.63, 3.8) is 0 Å². The van der Waals surface area contributed by atoms with Gasteiger partial charge < -0.3 is 9.15 Å². The van der Waals surface area contributed by atoms with Gasteiger partial charge in [0.1, 0.15) is 5.75 Å². The second-order valence-corrected chi connectivity index (χ2v) is 6.17. The highest BCUT2D eigenvalue weighted by atomic mass is 32.2. The van der Waals surface area contributed by atoms with Crippen LogP contribution in [0.15, 0.2) is 51.4 Å². The summed E-state index contributed by atoms with van der Waals surface area (Å²) in [5, 5.41) is 10.2. The standard InChI is InChI=1S/C15H12N2O3S2/c1-19-11-5-2-4-10(8-11)14-16-17-15(20-14)22-9-12(18)13-6-3-7-21-13/h2-8H,9H2,1H3. The molecule has 0 amide bonds. The van der Waals surface area contributed by atoms with Gasteiger partial charge in [0.05, 0.1) is 17.7 Å². The van der Waals surface area contributed by atoms with Gasteiger partial charge in [0, 0.05) is 5.56 Å². The van der Waals surface area contributed by atoms with E-state index in [-0.39, 0.29) is 11.5 Å². The lowest BCUT2D eigenvalue weighted by molar-refractivity contribution is 0.102. The second kappa shape index (κ2) is 6.76. The van der Waals surface area contributed by atoms with Crippen molar-refractivity contribution in [1.29, 1.82) is 0 Å². The van der Waals surface area contributed by atoms with Gasteiger partial charge in [0.15, 0.2) is 5.78 Å². The molecule has 0 atom stereocenters. The molecule has 0 aliphatic carbocycles. The summed E-state index contributed by atoms with van der Waals surface area (Å²) in [7, 11) is 1.60. The Hall–Kier alpha value is -2.12. The summed E-state index contributed by atoms with van der Waals surface area (Å²) < 4.78 is 10.7. The Morgan fingerprint density at radius 1 is 1.32 bits per heavy atom. The first-order valence-electron chi connectivity index (χ1n) is 6.43. The third-order valence-electron chi connectivity index (χ3n) is 2.85. The number of thioether (sulfide) groups is 1. The lowest BCUT2D eigenvalue weighted by Gasteiger charge is -2.00. The van der Waals surface area contributed by atoms with Crippen molar-refractivity contribution in [3.8, 4) is 17.2 Å².